The van der Waals surface area contributed by atoms with Crippen molar-refractivity contribution in [1.82, 2.24) is 10.3 Å². The van der Waals surface area contributed by atoms with Gasteiger partial charge in [0.15, 0.2) is 0 Å². The quantitative estimate of drug-likeness (QED) is 0.940. The molecule has 0 atom stereocenters. The molecule has 0 unspecified atom stereocenters. The van der Waals surface area contributed by atoms with Crippen LogP contribution in [0.2, 0.25) is 0 Å². The number of carbonyl (C=O) groups is 1. The maximum Gasteiger partial charge on any atom is 0.251 e. The normalized spacial score (nSPS) is 10.2. The Labute approximate surface area is 119 Å². The van der Waals surface area contributed by atoms with E-state index in [0.717, 1.165) is 5.69 Å². The Morgan fingerprint density at radius 2 is 2.16 bits per heavy atom. The summed E-state index contributed by atoms with van der Waals surface area (Å²) in [5.74, 6) is -0.610. The Morgan fingerprint density at radius 3 is 2.84 bits per heavy atom. The molecule has 0 fully saturated rings. The van der Waals surface area contributed by atoms with Crippen molar-refractivity contribution < 1.29 is 9.18 Å². The van der Waals surface area contributed by atoms with E-state index in [9.17, 15) is 9.18 Å². The third-order valence-electron chi connectivity index (χ3n) is 2.57. The van der Waals surface area contributed by atoms with Crippen molar-refractivity contribution in [3.05, 3.63) is 64.1 Å². The standard InChI is InChI=1S/C14H12BrFN2O/c15-12-9-10(4-5-13(12)16)14(19)18-8-6-11-3-1-2-7-17-11/h1-5,7,9H,6,8H2,(H,18,19). The average Bonchev–Trinajstić information content (AvgIpc) is 2.43. The number of nitrogens with one attached hydrogen (secondary N) is 1. The van der Waals surface area contributed by atoms with Crippen LogP contribution in [0.25, 0.3) is 0 Å². The predicted octanol–water partition coefficient (Wildman–Crippen LogP) is 2.96. The lowest BCUT2D eigenvalue weighted by atomic mass is 10.2. The Kier molecular flexibility index (Phi) is 4.63. The van der Waals surface area contributed by atoms with Crippen LogP contribution in [0, 0.1) is 5.82 Å². The van der Waals surface area contributed by atoms with Crippen LogP contribution in [0.4, 0.5) is 4.39 Å². The Hall–Kier alpha value is -1.75. The highest BCUT2D eigenvalue weighted by Crippen LogP contribution is 2.16. The molecular weight excluding hydrogens is 311 g/mol. The van der Waals surface area contributed by atoms with Gasteiger partial charge >= 0.3 is 0 Å². The molecule has 1 aromatic carbocycles. The van der Waals surface area contributed by atoms with Gasteiger partial charge in [0.1, 0.15) is 5.82 Å². The topological polar surface area (TPSA) is 42.0 Å². The summed E-state index contributed by atoms with van der Waals surface area (Å²) in [5, 5.41) is 2.77. The summed E-state index contributed by atoms with van der Waals surface area (Å²) in [5.41, 5.74) is 1.34. The first kappa shape index (κ1) is 13.7. The molecular formula is C14H12BrFN2O. The zero-order chi connectivity index (χ0) is 13.7. The summed E-state index contributed by atoms with van der Waals surface area (Å²) in [4.78, 5) is 16.0. The largest absolute Gasteiger partial charge is 0.352 e. The van der Waals surface area contributed by atoms with Gasteiger partial charge in [0, 0.05) is 30.4 Å². The lowest BCUT2D eigenvalue weighted by molar-refractivity contribution is 0.0954. The van der Waals surface area contributed by atoms with E-state index in [-0.39, 0.29) is 16.2 Å². The summed E-state index contributed by atoms with van der Waals surface area (Å²) >= 11 is 3.05. The second-order valence-electron chi connectivity index (χ2n) is 3.96. The monoisotopic (exact) mass is 322 g/mol. The zero-order valence-corrected chi connectivity index (χ0v) is 11.7. The molecule has 0 saturated carbocycles. The number of aromatic nitrogens is 1. The molecule has 0 saturated heterocycles. The van der Waals surface area contributed by atoms with Crippen LogP contribution in [0.1, 0.15) is 16.1 Å². The van der Waals surface area contributed by atoms with Gasteiger partial charge < -0.3 is 5.32 Å². The van der Waals surface area contributed by atoms with Gasteiger partial charge in [-0.15, -0.1) is 0 Å². The van der Waals surface area contributed by atoms with Gasteiger partial charge in [-0.2, -0.15) is 0 Å². The third kappa shape index (κ3) is 3.86. The number of hydrogen-bond donors (Lipinski definition) is 1. The van der Waals surface area contributed by atoms with Gasteiger partial charge in [-0.05, 0) is 46.3 Å². The Morgan fingerprint density at radius 1 is 1.32 bits per heavy atom. The first-order valence-electron chi connectivity index (χ1n) is 5.80. The number of rotatable bonds is 4. The Balaban J connectivity index is 1.89. The number of pyridine rings is 1. The summed E-state index contributed by atoms with van der Waals surface area (Å²) < 4.78 is 13.3. The second kappa shape index (κ2) is 6.43. The molecule has 1 amide bonds. The number of halogens is 2. The summed E-state index contributed by atoms with van der Waals surface area (Å²) in [6.45, 7) is 0.491. The van der Waals surface area contributed by atoms with Crippen LogP contribution >= 0.6 is 15.9 Å². The van der Waals surface area contributed by atoms with E-state index in [1.54, 1.807) is 6.20 Å². The van der Waals surface area contributed by atoms with E-state index in [0.29, 0.717) is 18.5 Å². The van der Waals surface area contributed by atoms with Gasteiger partial charge in [0.2, 0.25) is 0 Å². The number of carbonyl (C=O) groups excluding carboxylic acids is 1. The van der Waals surface area contributed by atoms with Crippen molar-refractivity contribution in [1.29, 1.82) is 0 Å². The molecule has 98 valence electrons. The predicted molar refractivity (Wildman–Crippen MR) is 74.4 cm³/mol. The minimum Gasteiger partial charge on any atom is -0.352 e. The first-order valence-corrected chi connectivity index (χ1v) is 6.59. The highest BCUT2D eigenvalue weighted by atomic mass is 79.9. The molecule has 1 N–H and O–H groups in total. The van der Waals surface area contributed by atoms with Crippen LogP contribution in [0.15, 0.2) is 47.1 Å². The van der Waals surface area contributed by atoms with Crippen LogP contribution in [0.3, 0.4) is 0 Å². The first-order chi connectivity index (χ1) is 9.16. The molecule has 5 heteroatoms. The lowest BCUT2D eigenvalue weighted by Gasteiger charge is -2.05. The van der Waals surface area contributed by atoms with Crippen molar-refractivity contribution in [2.75, 3.05) is 6.54 Å². The summed E-state index contributed by atoms with van der Waals surface area (Å²) in [6.07, 6.45) is 2.38. The fourth-order valence-electron chi connectivity index (χ4n) is 1.59. The lowest BCUT2D eigenvalue weighted by Crippen LogP contribution is -2.25. The molecule has 1 heterocycles. The molecule has 3 nitrogen and oxygen atoms in total. The van der Waals surface area contributed by atoms with Gasteiger partial charge in [0.05, 0.1) is 4.47 Å². The van der Waals surface area contributed by atoms with Crippen molar-refractivity contribution in [3.8, 4) is 0 Å². The maximum atomic E-state index is 13.0. The summed E-state index contributed by atoms with van der Waals surface area (Å²) in [7, 11) is 0. The molecule has 1 aromatic heterocycles. The van der Waals surface area contributed by atoms with E-state index in [1.165, 1.54) is 18.2 Å². The highest BCUT2D eigenvalue weighted by Gasteiger charge is 2.07. The molecule has 2 rings (SSSR count). The van der Waals surface area contributed by atoms with Crippen molar-refractivity contribution in [3.63, 3.8) is 0 Å². The fourth-order valence-corrected chi connectivity index (χ4v) is 1.97. The molecule has 0 radical (unpaired) electrons. The minimum atomic E-state index is -0.384. The van der Waals surface area contributed by atoms with Crippen molar-refractivity contribution >= 4 is 21.8 Å². The molecule has 0 aliphatic carbocycles. The maximum absolute atomic E-state index is 13.0. The van der Waals surface area contributed by atoms with Crippen LogP contribution in [0.5, 0.6) is 0 Å². The fraction of sp³-hybridized carbons (Fsp3) is 0.143. The molecule has 2 aromatic rings. The zero-order valence-electron chi connectivity index (χ0n) is 10.1. The number of benzene rings is 1. The molecule has 0 aliphatic rings. The van der Waals surface area contributed by atoms with E-state index < -0.39 is 0 Å². The molecule has 0 aliphatic heterocycles. The summed E-state index contributed by atoms with van der Waals surface area (Å²) in [6, 6.07) is 9.83. The highest BCUT2D eigenvalue weighted by molar-refractivity contribution is 9.10. The minimum absolute atomic E-state index is 0.225. The van der Waals surface area contributed by atoms with Gasteiger partial charge in [-0.1, -0.05) is 6.07 Å². The van der Waals surface area contributed by atoms with Crippen LogP contribution in [-0.2, 0) is 6.42 Å². The number of amides is 1. The SMILES string of the molecule is O=C(NCCc1ccccn1)c1ccc(F)c(Br)c1. The Bertz CT molecular complexity index is 575. The molecule has 0 bridgehead atoms. The van der Waals surface area contributed by atoms with E-state index in [4.69, 9.17) is 0 Å². The second-order valence-corrected chi connectivity index (χ2v) is 4.81. The van der Waals surface area contributed by atoms with Crippen LogP contribution in [-0.4, -0.2) is 17.4 Å². The van der Waals surface area contributed by atoms with Crippen molar-refractivity contribution in [2.24, 2.45) is 0 Å². The van der Waals surface area contributed by atoms with Crippen molar-refractivity contribution in [2.45, 2.75) is 6.42 Å². The third-order valence-corrected chi connectivity index (χ3v) is 3.18. The van der Waals surface area contributed by atoms with Gasteiger partial charge in [-0.25, -0.2) is 4.39 Å². The van der Waals surface area contributed by atoms with Crippen LogP contribution < -0.4 is 5.32 Å². The number of hydrogen-bond acceptors (Lipinski definition) is 2. The van der Waals surface area contributed by atoms with Gasteiger partial charge in [-0.3, -0.25) is 9.78 Å². The molecule has 0 spiro atoms. The number of nitrogens with zero attached hydrogens (tertiary/aromatic N) is 1. The van der Waals surface area contributed by atoms with Gasteiger partial charge in [0.25, 0.3) is 5.91 Å². The smallest absolute Gasteiger partial charge is 0.251 e. The molecule has 19 heavy (non-hydrogen) atoms. The van der Waals surface area contributed by atoms with E-state index in [1.807, 2.05) is 18.2 Å². The average molecular weight is 323 g/mol. The van der Waals surface area contributed by atoms with E-state index in [2.05, 4.69) is 26.2 Å². The van der Waals surface area contributed by atoms with E-state index >= 15 is 0 Å².